The smallest absolute Gasteiger partial charge is 0.305 e. The van der Waals surface area contributed by atoms with Crippen LogP contribution in [0, 0.1) is 0 Å². The van der Waals surface area contributed by atoms with E-state index in [9.17, 15) is 9.59 Å². The Labute approximate surface area is 113 Å². The lowest BCUT2D eigenvalue weighted by atomic mass is 10.1. The Kier molecular flexibility index (Phi) is 6.02. The molecule has 19 heavy (non-hydrogen) atoms. The Morgan fingerprint density at radius 2 is 1.95 bits per heavy atom. The highest BCUT2D eigenvalue weighted by Gasteiger charge is 2.20. The molecule has 0 fully saturated rings. The van der Waals surface area contributed by atoms with Gasteiger partial charge in [0, 0.05) is 13.6 Å². The number of likely N-dealkylation sites (N-methyl/N-ethyl adjacent to an activating group) is 1. The first kappa shape index (κ1) is 15.2. The fourth-order valence-corrected chi connectivity index (χ4v) is 1.83. The quantitative estimate of drug-likeness (QED) is 0.765. The summed E-state index contributed by atoms with van der Waals surface area (Å²) < 4.78 is 0. The van der Waals surface area contributed by atoms with Crippen molar-refractivity contribution < 1.29 is 14.7 Å². The molecule has 0 aliphatic carbocycles. The van der Waals surface area contributed by atoms with E-state index in [0.29, 0.717) is 6.54 Å². The largest absolute Gasteiger partial charge is 0.481 e. The third-order valence-electron chi connectivity index (χ3n) is 2.89. The molecule has 1 aromatic rings. The van der Waals surface area contributed by atoms with Crippen LogP contribution in [0.25, 0.3) is 0 Å². The number of rotatable bonds is 7. The molecule has 0 heterocycles. The number of nitrogens with zero attached hydrogens (tertiary/aromatic N) is 1. The number of carbonyl (C=O) groups is 2. The summed E-state index contributed by atoms with van der Waals surface area (Å²) in [5.41, 5.74) is 6.75. The molecule has 0 spiro atoms. The first-order valence-corrected chi connectivity index (χ1v) is 6.27. The van der Waals surface area contributed by atoms with Gasteiger partial charge in [-0.05, 0) is 18.4 Å². The Morgan fingerprint density at radius 1 is 1.32 bits per heavy atom. The van der Waals surface area contributed by atoms with Crippen molar-refractivity contribution in [2.45, 2.75) is 25.3 Å². The molecule has 0 radical (unpaired) electrons. The number of amides is 1. The van der Waals surface area contributed by atoms with Gasteiger partial charge in [0.2, 0.25) is 5.91 Å². The van der Waals surface area contributed by atoms with E-state index in [1.807, 2.05) is 30.3 Å². The second-order valence-electron chi connectivity index (χ2n) is 4.55. The van der Waals surface area contributed by atoms with E-state index in [4.69, 9.17) is 10.8 Å². The second-order valence-corrected chi connectivity index (χ2v) is 4.55. The predicted octanol–water partition coefficient (Wildman–Crippen LogP) is 0.880. The van der Waals surface area contributed by atoms with Gasteiger partial charge in [0.1, 0.15) is 0 Å². The van der Waals surface area contributed by atoms with Crippen LogP contribution in [0.5, 0.6) is 0 Å². The summed E-state index contributed by atoms with van der Waals surface area (Å²) in [6.45, 7) is 0.570. The molecule has 0 saturated carbocycles. The topological polar surface area (TPSA) is 83.6 Å². The molecule has 1 atom stereocenters. The predicted molar refractivity (Wildman–Crippen MR) is 72.6 cm³/mol. The summed E-state index contributed by atoms with van der Waals surface area (Å²) in [7, 11) is 1.65. The number of carboxylic acids is 1. The molecule has 0 aliphatic heterocycles. The number of carbonyl (C=O) groups excluding carboxylic acids is 1. The number of aliphatic carboxylic acids is 1. The van der Waals surface area contributed by atoms with Crippen LogP contribution in [0.4, 0.5) is 0 Å². The molecule has 0 bridgehead atoms. The van der Waals surface area contributed by atoms with Crippen LogP contribution in [0.3, 0.4) is 0 Å². The van der Waals surface area contributed by atoms with E-state index in [1.54, 1.807) is 7.05 Å². The van der Waals surface area contributed by atoms with Gasteiger partial charge in [0.25, 0.3) is 0 Å². The van der Waals surface area contributed by atoms with Gasteiger partial charge >= 0.3 is 5.97 Å². The Morgan fingerprint density at radius 3 is 2.53 bits per heavy atom. The van der Waals surface area contributed by atoms with Crippen LogP contribution < -0.4 is 5.73 Å². The number of nitrogens with two attached hydrogens (primary N) is 1. The summed E-state index contributed by atoms with van der Waals surface area (Å²) >= 11 is 0. The standard InChI is InChI=1S/C14H20N2O3/c1-16(14(19)12(15)10-13(17)18)9-5-8-11-6-3-2-4-7-11/h2-4,6-7,12H,5,8-10,15H2,1H3,(H,17,18). The minimum absolute atomic E-state index is 0.324. The summed E-state index contributed by atoms with van der Waals surface area (Å²) in [4.78, 5) is 23.7. The van der Waals surface area contributed by atoms with Gasteiger partial charge in [0.05, 0.1) is 12.5 Å². The monoisotopic (exact) mass is 264 g/mol. The van der Waals surface area contributed by atoms with Crippen molar-refractivity contribution in [3.8, 4) is 0 Å². The van der Waals surface area contributed by atoms with Gasteiger partial charge in [-0.2, -0.15) is 0 Å². The number of aryl methyl sites for hydroxylation is 1. The molecule has 1 aromatic carbocycles. The molecule has 1 rings (SSSR count). The molecule has 5 heteroatoms. The fraction of sp³-hybridized carbons (Fsp3) is 0.429. The van der Waals surface area contributed by atoms with E-state index in [2.05, 4.69) is 0 Å². The van der Waals surface area contributed by atoms with Gasteiger partial charge in [-0.3, -0.25) is 9.59 Å². The van der Waals surface area contributed by atoms with Crippen molar-refractivity contribution in [2.75, 3.05) is 13.6 Å². The third kappa shape index (κ3) is 5.52. The minimum atomic E-state index is -1.06. The van der Waals surface area contributed by atoms with Crippen molar-refractivity contribution in [3.63, 3.8) is 0 Å². The molecule has 3 N–H and O–H groups in total. The molecular weight excluding hydrogens is 244 g/mol. The lowest BCUT2D eigenvalue weighted by Crippen LogP contribution is -2.43. The van der Waals surface area contributed by atoms with Crippen LogP contribution in [0.15, 0.2) is 30.3 Å². The first-order valence-electron chi connectivity index (χ1n) is 6.27. The van der Waals surface area contributed by atoms with Crippen LogP contribution in [0.1, 0.15) is 18.4 Å². The molecular formula is C14H20N2O3. The van der Waals surface area contributed by atoms with Crippen molar-refractivity contribution in [1.29, 1.82) is 0 Å². The van der Waals surface area contributed by atoms with E-state index in [-0.39, 0.29) is 12.3 Å². The zero-order chi connectivity index (χ0) is 14.3. The molecule has 0 aromatic heterocycles. The summed E-state index contributed by atoms with van der Waals surface area (Å²) in [5, 5.41) is 8.59. The maximum Gasteiger partial charge on any atom is 0.305 e. The van der Waals surface area contributed by atoms with Gasteiger partial charge in [-0.15, -0.1) is 0 Å². The molecule has 104 valence electrons. The highest BCUT2D eigenvalue weighted by Crippen LogP contribution is 2.04. The molecule has 0 saturated heterocycles. The average Bonchev–Trinajstić information content (AvgIpc) is 2.38. The fourth-order valence-electron chi connectivity index (χ4n) is 1.83. The van der Waals surface area contributed by atoms with Crippen LogP contribution in [0.2, 0.25) is 0 Å². The number of carboxylic acid groups (broad SMARTS) is 1. The highest BCUT2D eigenvalue weighted by atomic mass is 16.4. The summed E-state index contributed by atoms with van der Waals surface area (Å²) in [6.07, 6.45) is 1.38. The lowest BCUT2D eigenvalue weighted by molar-refractivity contribution is -0.141. The first-order chi connectivity index (χ1) is 9.00. The third-order valence-corrected chi connectivity index (χ3v) is 2.89. The molecule has 0 aliphatic rings. The van der Waals surface area contributed by atoms with E-state index in [0.717, 1.165) is 12.8 Å². The van der Waals surface area contributed by atoms with Gasteiger partial charge in [0.15, 0.2) is 0 Å². The lowest BCUT2D eigenvalue weighted by Gasteiger charge is -2.20. The Hall–Kier alpha value is -1.88. The normalized spacial score (nSPS) is 11.9. The molecule has 5 nitrogen and oxygen atoms in total. The maximum absolute atomic E-state index is 11.8. The SMILES string of the molecule is CN(CCCc1ccccc1)C(=O)C(N)CC(=O)O. The zero-order valence-corrected chi connectivity index (χ0v) is 11.1. The van der Waals surface area contributed by atoms with Crippen molar-refractivity contribution >= 4 is 11.9 Å². The average molecular weight is 264 g/mol. The molecule has 1 amide bonds. The van der Waals surface area contributed by atoms with Crippen LogP contribution >= 0.6 is 0 Å². The van der Waals surface area contributed by atoms with Crippen molar-refractivity contribution in [1.82, 2.24) is 4.90 Å². The maximum atomic E-state index is 11.8. The van der Waals surface area contributed by atoms with Gasteiger partial charge in [-0.25, -0.2) is 0 Å². The Balaban J connectivity index is 2.32. The molecule has 1 unspecified atom stereocenters. The van der Waals surface area contributed by atoms with E-state index < -0.39 is 12.0 Å². The minimum Gasteiger partial charge on any atom is -0.481 e. The highest BCUT2D eigenvalue weighted by molar-refractivity contribution is 5.85. The van der Waals surface area contributed by atoms with Crippen molar-refractivity contribution in [2.24, 2.45) is 5.73 Å². The van der Waals surface area contributed by atoms with E-state index >= 15 is 0 Å². The van der Waals surface area contributed by atoms with Crippen LogP contribution in [-0.4, -0.2) is 41.5 Å². The number of hydrogen-bond donors (Lipinski definition) is 2. The van der Waals surface area contributed by atoms with Gasteiger partial charge in [-0.1, -0.05) is 30.3 Å². The Bertz CT molecular complexity index is 420. The van der Waals surface area contributed by atoms with Crippen molar-refractivity contribution in [3.05, 3.63) is 35.9 Å². The summed E-state index contributed by atoms with van der Waals surface area (Å²) in [6, 6.07) is 9.04. The van der Waals surface area contributed by atoms with Gasteiger partial charge < -0.3 is 15.7 Å². The summed E-state index contributed by atoms with van der Waals surface area (Å²) in [5.74, 6) is -1.38. The van der Waals surface area contributed by atoms with E-state index in [1.165, 1.54) is 10.5 Å². The second kappa shape index (κ2) is 7.53. The zero-order valence-electron chi connectivity index (χ0n) is 11.1. The number of benzene rings is 1. The van der Waals surface area contributed by atoms with Crippen LogP contribution in [-0.2, 0) is 16.0 Å². The number of hydrogen-bond acceptors (Lipinski definition) is 3.